The predicted molar refractivity (Wildman–Crippen MR) is 108 cm³/mol. The minimum Gasteiger partial charge on any atom is -0.384 e. The number of carbonyl (C=O) groups is 1. The number of nitrogens with zero attached hydrogens (tertiary/aromatic N) is 3. The van der Waals surface area contributed by atoms with E-state index in [9.17, 15) is 4.79 Å². The van der Waals surface area contributed by atoms with E-state index in [0.717, 1.165) is 28.6 Å². The second-order valence-electron chi connectivity index (χ2n) is 8.77. The molecule has 1 amide bonds. The van der Waals surface area contributed by atoms with Crippen LogP contribution in [0.2, 0.25) is 25.7 Å². The lowest BCUT2D eigenvalue weighted by molar-refractivity contribution is -0.124. The number of pyridine rings is 2. The van der Waals surface area contributed by atoms with E-state index < -0.39 is 13.5 Å². The maximum Gasteiger partial charge on any atom is 0.241 e. The molecule has 2 N–H and O–H groups in total. The van der Waals surface area contributed by atoms with Crippen molar-refractivity contribution in [2.24, 2.45) is 0 Å². The summed E-state index contributed by atoms with van der Waals surface area (Å²) in [4.78, 5) is 23.9. The Morgan fingerprint density at radius 3 is 2.81 bits per heavy atom. The molecular formula is C20H26N4O2Si. The SMILES string of the molecule is C[Si](C)(C)CCOCN1C(=O)C2(Cc3cnc(N)cc3C2)c2cccnc21. The van der Waals surface area contributed by atoms with E-state index in [0.29, 0.717) is 25.3 Å². The minimum atomic E-state index is -1.17. The van der Waals surface area contributed by atoms with Crippen LogP contribution < -0.4 is 10.6 Å². The molecule has 0 aromatic carbocycles. The number of ether oxygens (including phenoxy) is 1. The van der Waals surface area contributed by atoms with Crippen molar-refractivity contribution in [3.63, 3.8) is 0 Å². The number of rotatable bonds is 5. The molecular weight excluding hydrogens is 356 g/mol. The summed E-state index contributed by atoms with van der Waals surface area (Å²) in [5.41, 5.74) is 8.43. The van der Waals surface area contributed by atoms with Crippen LogP contribution in [-0.2, 0) is 27.8 Å². The van der Waals surface area contributed by atoms with Crippen molar-refractivity contribution >= 4 is 25.6 Å². The van der Waals surface area contributed by atoms with Gasteiger partial charge in [-0.2, -0.15) is 0 Å². The first-order valence-electron chi connectivity index (χ1n) is 9.39. The van der Waals surface area contributed by atoms with E-state index in [1.165, 1.54) is 0 Å². The second-order valence-corrected chi connectivity index (χ2v) is 14.4. The molecule has 2 aliphatic rings. The highest BCUT2D eigenvalue weighted by Crippen LogP contribution is 2.49. The monoisotopic (exact) mass is 382 g/mol. The average Bonchev–Trinajstić information content (AvgIpc) is 3.09. The standard InChI is InChI=1S/C20H26N4O2Si/c1-27(2,3)8-7-26-13-24-18-16(5-4-6-22-18)20(19(24)25)10-14-9-17(21)23-12-15(14)11-20/h4-6,9,12H,7-8,10-11,13H2,1-3H3,(H2,21,23). The van der Waals surface area contributed by atoms with Crippen LogP contribution in [-0.4, -0.2) is 37.3 Å². The lowest BCUT2D eigenvalue weighted by atomic mass is 9.79. The smallest absolute Gasteiger partial charge is 0.241 e. The number of hydrogen-bond donors (Lipinski definition) is 1. The molecule has 0 radical (unpaired) electrons. The van der Waals surface area contributed by atoms with Gasteiger partial charge < -0.3 is 10.5 Å². The fourth-order valence-electron chi connectivity index (χ4n) is 4.03. The van der Waals surface area contributed by atoms with Gasteiger partial charge in [0, 0.05) is 32.6 Å². The Kier molecular flexibility index (Phi) is 4.31. The van der Waals surface area contributed by atoms with Crippen LogP contribution in [0.3, 0.4) is 0 Å². The zero-order valence-electron chi connectivity index (χ0n) is 16.2. The van der Waals surface area contributed by atoms with Crippen molar-refractivity contribution < 1.29 is 9.53 Å². The van der Waals surface area contributed by atoms with Crippen LogP contribution >= 0.6 is 0 Å². The van der Waals surface area contributed by atoms with E-state index in [2.05, 4.69) is 29.6 Å². The summed E-state index contributed by atoms with van der Waals surface area (Å²) in [6, 6.07) is 6.89. The third-order valence-corrected chi connectivity index (χ3v) is 7.22. The van der Waals surface area contributed by atoms with Crippen LogP contribution in [0.25, 0.3) is 0 Å². The molecule has 1 atom stereocenters. The lowest BCUT2D eigenvalue weighted by Gasteiger charge is -2.23. The van der Waals surface area contributed by atoms with Crippen molar-refractivity contribution in [2.45, 2.75) is 43.9 Å². The molecule has 1 aliphatic carbocycles. The van der Waals surface area contributed by atoms with Gasteiger partial charge in [-0.25, -0.2) is 9.97 Å². The number of nitrogens with two attached hydrogens (primary N) is 1. The molecule has 1 unspecified atom stereocenters. The van der Waals surface area contributed by atoms with E-state index >= 15 is 0 Å². The number of nitrogen functional groups attached to an aromatic ring is 1. The van der Waals surface area contributed by atoms with Gasteiger partial charge in [-0.3, -0.25) is 9.69 Å². The molecule has 27 heavy (non-hydrogen) atoms. The van der Waals surface area contributed by atoms with Gasteiger partial charge in [0.05, 0.1) is 5.41 Å². The van der Waals surface area contributed by atoms with Gasteiger partial charge in [-0.05, 0) is 42.1 Å². The summed E-state index contributed by atoms with van der Waals surface area (Å²) >= 11 is 0. The third-order valence-electron chi connectivity index (χ3n) is 5.52. The van der Waals surface area contributed by atoms with Crippen molar-refractivity contribution in [3.05, 3.63) is 47.3 Å². The highest BCUT2D eigenvalue weighted by atomic mass is 28.3. The van der Waals surface area contributed by atoms with Gasteiger partial charge in [-0.15, -0.1) is 0 Å². The van der Waals surface area contributed by atoms with Crippen molar-refractivity contribution in [1.29, 1.82) is 0 Å². The van der Waals surface area contributed by atoms with Gasteiger partial charge in [0.2, 0.25) is 5.91 Å². The quantitative estimate of drug-likeness (QED) is 0.635. The largest absolute Gasteiger partial charge is 0.384 e. The van der Waals surface area contributed by atoms with Crippen molar-refractivity contribution in [3.8, 4) is 0 Å². The fraction of sp³-hybridized carbons (Fsp3) is 0.450. The van der Waals surface area contributed by atoms with Gasteiger partial charge >= 0.3 is 0 Å². The van der Waals surface area contributed by atoms with E-state index in [1.54, 1.807) is 17.3 Å². The highest BCUT2D eigenvalue weighted by Gasteiger charge is 2.54. The van der Waals surface area contributed by atoms with Crippen molar-refractivity contribution in [1.82, 2.24) is 9.97 Å². The molecule has 7 heteroatoms. The topological polar surface area (TPSA) is 81.3 Å². The molecule has 4 rings (SSSR count). The Hall–Kier alpha value is -2.25. The van der Waals surface area contributed by atoms with Crippen LogP contribution in [0.5, 0.6) is 0 Å². The maximum absolute atomic E-state index is 13.5. The fourth-order valence-corrected chi connectivity index (χ4v) is 4.79. The molecule has 0 saturated carbocycles. The van der Waals surface area contributed by atoms with Crippen LogP contribution in [0, 0.1) is 0 Å². The highest BCUT2D eigenvalue weighted by molar-refractivity contribution is 6.76. The second kappa shape index (κ2) is 6.42. The number of anilines is 2. The Bertz CT molecular complexity index is 896. The zero-order chi connectivity index (χ0) is 19.2. The summed E-state index contributed by atoms with van der Waals surface area (Å²) in [6.07, 6.45) is 4.81. The summed E-state index contributed by atoms with van der Waals surface area (Å²) in [5, 5.41) is 0. The Balaban J connectivity index is 1.60. The number of carbonyl (C=O) groups excluding carboxylic acids is 1. The maximum atomic E-state index is 13.5. The lowest BCUT2D eigenvalue weighted by Crippen LogP contribution is -2.42. The molecule has 6 nitrogen and oxygen atoms in total. The molecule has 2 aromatic heterocycles. The predicted octanol–water partition coefficient (Wildman–Crippen LogP) is 2.75. The number of amides is 1. The molecule has 0 bridgehead atoms. The zero-order valence-corrected chi connectivity index (χ0v) is 17.2. The van der Waals surface area contributed by atoms with E-state index in [1.807, 2.05) is 18.2 Å². The van der Waals surface area contributed by atoms with Crippen molar-refractivity contribution in [2.75, 3.05) is 24.0 Å². The minimum absolute atomic E-state index is 0.0685. The van der Waals surface area contributed by atoms with Crippen LogP contribution in [0.4, 0.5) is 11.6 Å². The summed E-state index contributed by atoms with van der Waals surface area (Å²) < 4.78 is 5.89. The summed E-state index contributed by atoms with van der Waals surface area (Å²) in [7, 11) is -1.17. The Morgan fingerprint density at radius 2 is 2.04 bits per heavy atom. The average molecular weight is 383 g/mol. The molecule has 1 aliphatic heterocycles. The summed E-state index contributed by atoms with van der Waals surface area (Å²) in [5.74, 6) is 1.29. The Labute approximate surface area is 160 Å². The first-order chi connectivity index (χ1) is 12.8. The van der Waals surface area contributed by atoms with Gasteiger partial charge in [0.1, 0.15) is 18.4 Å². The molecule has 3 heterocycles. The molecule has 142 valence electrons. The van der Waals surface area contributed by atoms with Gasteiger partial charge in [0.25, 0.3) is 0 Å². The summed E-state index contributed by atoms with van der Waals surface area (Å²) in [6.45, 7) is 7.89. The number of aromatic nitrogens is 2. The van der Waals surface area contributed by atoms with Gasteiger partial charge in [0.15, 0.2) is 0 Å². The molecule has 2 aromatic rings. The van der Waals surface area contributed by atoms with Crippen LogP contribution in [0.15, 0.2) is 30.6 Å². The number of hydrogen-bond acceptors (Lipinski definition) is 5. The molecule has 0 fully saturated rings. The van der Waals surface area contributed by atoms with E-state index in [4.69, 9.17) is 10.5 Å². The number of fused-ring (bicyclic) bond motifs is 3. The molecule has 1 spiro atoms. The Morgan fingerprint density at radius 1 is 1.26 bits per heavy atom. The third kappa shape index (κ3) is 3.15. The first-order valence-corrected chi connectivity index (χ1v) is 13.1. The van der Waals surface area contributed by atoms with E-state index in [-0.39, 0.29) is 12.6 Å². The first kappa shape index (κ1) is 18.1. The van der Waals surface area contributed by atoms with Gasteiger partial charge in [-0.1, -0.05) is 25.7 Å². The molecule has 0 saturated heterocycles. The normalized spacial score (nSPS) is 21.0. The van der Waals surface area contributed by atoms with Crippen LogP contribution in [0.1, 0.15) is 16.7 Å².